The van der Waals surface area contributed by atoms with Gasteiger partial charge in [0.2, 0.25) is 0 Å². The highest BCUT2D eigenvalue weighted by Crippen LogP contribution is 2.41. The Kier molecular flexibility index (Phi) is 6.26. The predicted molar refractivity (Wildman–Crippen MR) is 134 cm³/mol. The minimum Gasteiger partial charge on any atom is -0.231 e. The van der Waals surface area contributed by atoms with Gasteiger partial charge in [0.05, 0.1) is 16.4 Å². The molecule has 164 valence electrons. The van der Waals surface area contributed by atoms with E-state index in [1.165, 1.54) is 25.7 Å². The highest BCUT2D eigenvalue weighted by molar-refractivity contribution is 7.14. The van der Waals surface area contributed by atoms with Gasteiger partial charge >= 0.3 is 0 Å². The fourth-order valence-electron chi connectivity index (χ4n) is 4.36. The first-order valence-corrected chi connectivity index (χ1v) is 12.7. The fourth-order valence-corrected chi connectivity index (χ4v) is 6.00. The summed E-state index contributed by atoms with van der Waals surface area (Å²) < 4.78 is 1.90. The van der Waals surface area contributed by atoms with Crippen molar-refractivity contribution in [1.29, 1.82) is 0 Å². The van der Waals surface area contributed by atoms with Gasteiger partial charge in [-0.05, 0) is 49.6 Å². The molecule has 32 heavy (non-hydrogen) atoms. The molecule has 1 aliphatic carbocycles. The molecule has 2 heterocycles. The zero-order valence-corrected chi connectivity index (χ0v) is 20.6. The maximum Gasteiger partial charge on any atom is 0.168 e. The molecule has 4 nitrogen and oxygen atoms in total. The summed E-state index contributed by atoms with van der Waals surface area (Å²) in [4.78, 5) is 0. The predicted octanol–water partition coefficient (Wildman–Crippen LogP) is 8.24. The lowest BCUT2D eigenvalue weighted by atomic mass is 10.0. The van der Waals surface area contributed by atoms with Crippen LogP contribution in [0.5, 0.6) is 0 Å². The molecule has 0 spiro atoms. The van der Waals surface area contributed by atoms with Gasteiger partial charge in [-0.15, -0.1) is 10.2 Å². The van der Waals surface area contributed by atoms with Crippen molar-refractivity contribution in [2.24, 2.45) is 0 Å². The van der Waals surface area contributed by atoms with Gasteiger partial charge in [-0.25, -0.2) is 4.68 Å². The summed E-state index contributed by atoms with van der Waals surface area (Å²) in [6, 6.07) is 13.2. The molecule has 0 unspecified atom stereocenters. The minimum absolute atomic E-state index is 0.523. The van der Waals surface area contributed by atoms with Crippen LogP contribution in [0.15, 0.2) is 42.5 Å². The van der Waals surface area contributed by atoms with Gasteiger partial charge in [0.15, 0.2) is 5.01 Å². The number of nitrogens with zero attached hydrogens (tertiary/aromatic N) is 4. The Morgan fingerprint density at radius 2 is 1.69 bits per heavy atom. The third kappa shape index (κ3) is 4.08. The molecule has 5 rings (SSSR count). The zero-order valence-electron chi connectivity index (χ0n) is 17.5. The smallest absolute Gasteiger partial charge is 0.168 e. The second kappa shape index (κ2) is 9.14. The van der Waals surface area contributed by atoms with E-state index < -0.39 is 0 Å². The Hall–Kier alpha value is -1.92. The van der Waals surface area contributed by atoms with Crippen LogP contribution in [-0.2, 0) is 6.42 Å². The van der Waals surface area contributed by atoms with Crippen LogP contribution < -0.4 is 0 Å². The summed E-state index contributed by atoms with van der Waals surface area (Å²) in [6.07, 6.45) is 5.71. The van der Waals surface area contributed by atoms with E-state index in [1.54, 1.807) is 17.4 Å². The Labute approximate surface area is 206 Å². The number of aromatic nitrogens is 4. The van der Waals surface area contributed by atoms with Crippen LogP contribution in [0.2, 0.25) is 15.1 Å². The van der Waals surface area contributed by atoms with Gasteiger partial charge in [0.25, 0.3) is 0 Å². The van der Waals surface area contributed by atoms with E-state index in [9.17, 15) is 0 Å². The van der Waals surface area contributed by atoms with Crippen molar-refractivity contribution in [3.8, 4) is 27.6 Å². The topological polar surface area (TPSA) is 43.6 Å². The van der Waals surface area contributed by atoms with Gasteiger partial charge in [-0.2, -0.15) is 5.10 Å². The van der Waals surface area contributed by atoms with E-state index in [2.05, 4.69) is 17.1 Å². The highest BCUT2D eigenvalue weighted by Gasteiger charge is 2.26. The van der Waals surface area contributed by atoms with Gasteiger partial charge in [0, 0.05) is 27.1 Å². The van der Waals surface area contributed by atoms with Crippen LogP contribution in [0.4, 0.5) is 0 Å². The third-order valence-electron chi connectivity index (χ3n) is 5.94. The molecule has 0 N–H and O–H groups in total. The third-order valence-corrected chi connectivity index (χ3v) is 7.82. The quantitative estimate of drug-likeness (QED) is 0.275. The molecular formula is C24H21Cl3N4S. The molecule has 8 heteroatoms. The van der Waals surface area contributed by atoms with E-state index in [0.717, 1.165) is 44.6 Å². The van der Waals surface area contributed by atoms with Gasteiger partial charge in [-0.3, -0.25) is 0 Å². The molecule has 0 aliphatic heterocycles. The molecule has 4 aromatic rings. The van der Waals surface area contributed by atoms with Crippen LogP contribution in [0, 0.1) is 0 Å². The maximum atomic E-state index is 6.60. The first-order valence-electron chi connectivity index (χ1n) is 10.7. The molecule has 1 fully saturated rings. The van der Waals surface area contributed by atoms with Crippen LogP contribution in [0.3, 0.4) is 0 Å². The summed E-state index contributed by atoms with van der Waals surface area (Å²) in [5.41, 5.74) is 4.71. The van der Waals surface area contributed by atoms with E-state index in [-0.39, 0.29) is 0 Å². The van der Waals surface area contributed by atoms with Crippen LogP contribution in [-0.4, -0.2) is 20.0 Å². The van der Waals surface area contributed by atoms with Crippen molar-refractivity contribution in [2.45, 2.75) is 44.9 Å². The molecule has 1 aliphatic rings. The lowest BCUT2D eigenvalue weighted by Gasteiger charge is -2.11. The van der Waals surface area contributed by atoms with E-state index in [4.69, 9.17) is 39.9 Å². The summed E-state index contributed by atoms with van der Waals surface area (Å²) >= 11 is 20.6. The van der Waals surface area contributed by atoms with Crippen LogP contribution >= 0.6 is 46.1 Å². The molecule has 0 atom stereocenters. The second-order valence-corrected chi connectivity index (χ2v) is 10.3. The summed E-state index contributed by atoms with van der Waals surface area (Å²) in [5.74, 6) is 0.523. The standard InChI is InChI=1S/C24H21Cl3N4S/c1-2-18-21(24-29-28-23(32-24)15-5-3-4-6-15)30-31(20-12-11-17(26)13-19(20)27)22(18)14-7-9-16(25)10-8-14/h7-13,15H,2-6H2,1H3. The summed E-state index contributed by atoms with van der Waals surface area (Å²) in [6.45, 7) is 2.13. The number of hydrogen-bond acceptors (Lipinski definition) is 4. The SMILES string of the molecule is CCc1c(-c2nnc(C3CCCC3)s2)nn(-c2ccc(Cl)cc2Cl)c1-c1ccc(Cl)cc1. The highest BCUT2D eigenvalue weighted by atomic mass is 35.5. The second-order valence-electron chi connectivity index (χ2n) is 7.97. The Morgan fingerprint density at radius 3 is 2.38 bits per heavy atom. The van der Waals surface area contributed by atoms with Crippen LogP contribution in [0.1, 0.15) is 49.1 Å². The summed E-state index contributed by atoms with van der Waals surface area (Å²) in [7, 11) is 0. The fraction of sp³-hybridized carbons (Fsp3) is 0.292. The summed E-state index contributed by atoms with van der Waals surface area (Å²) in [5, 5.41) is 17.9. The minimum atomic E-state index is 0.523. The maximum absolute atomic E-state index is 6.60. The van der Waals surface area contributed by atoms with Crippen molar-refractivity contribution < 1.29 is 0 Å². The normalized spacial score (nSPS) is 14.4. The molecule has 2 aromatic heterocycles. The molecular weight excluding hydrogens is 483 g/mol. The van der Waals surface area contributed by atoms with Crippen molar-refractivity contribution in [3.63, 3.8) is 0 Å². The lowest BCUT2D eigenvalue weighted by molar-refractivity contribution is 0.705. The largest absolute Gasteiger partial charge is 0.231 e. The average molecular weight is 504 g/mol. The molecule has 0 saturated heterocycles. The van der Waals surface area contributed by atoms with Crippen LogP contribution in [0.25, 0.3) is 27.6 Å². The first kappa shape index (κ1) is 21.9. The van der Waals surface area contributed by atoms with Gasteiger partial charge in [-0.1, -0.05) is 78.0 Å². The number of hydrogen-bond donors (Lipinski definition) is 0. The molecule has 2 aromatic carbocycles. The lowest BCUT2D eigenvalue weighted by Crippen LogP contribution is -2.01. The number of benzene rings is 2. The van der Waals surface area contributed by atoms with E-state index in [1.807, 2.05) is 41.1 Å². The van der Waals surface area contributed by atoms with Gasteiger partial charge in [0.1, 0.15) is 10.7 Å². The Balaban J connectivity index is 1.70. The Morgan fingerprint density at radius 1 is 0.969 bits per heavy atom. The molecule has 0 amide bonds. The van der Waals surface area contributed by atoms with Gasteiger partial charge < -0.3 is 0 Å². The van der Waals surface area contributed by atoms with E-state index >= 15 is 0 Å². The van der Waals surface area contributed by atoms with Crippen molar-refractivity contribution >= 4 is 46.1 Å². The molecule has 1 saturated carbocycles. The molecule has 0 radical (unpaired) electrons. The van der Waals surface area contributed by atoms with Crippen molar-refractivity contribution in [2.75, 3.05) is 0 Å². The monoisotopic (exact) mass is 502 g/mol. The van der Waals surface area contributed by atoms with E-state index in [0.29, 0.717) is 21.0 Å². The number of rotatable bonds is 5. The van der Waals surface area contributed by atoms with Crippen molar-refractivity contribution in [1.82, 2.24) is 20.0 Å². The number of halogens is 3. The average Bonchev–Trinajstić information content (AvgIpc) is 3.53. The van der Waals surface area contributed by atoms with Crippen molar-refractivity contribution in [3.05, 3.63) is 68.1 Å². The first-order chi connectivity index (χ1) is 15.5. The molecule has 0 bridgehead atoms. The Bertz CT molecular complexity index is 1260. The zero-order chi connectivity index (χ0) is 22.2.